The molecule has 8 heteroatoms. The summed E-state index contributed by atoms with van der Waals surface area (Å²) in [6.45, 7) is 0.0777. The number of hydrogen-bond acceptors (Lipinski definition) is 4. The van der Waals surface area contributed by atoms with Gasteiger partial charge >= 0.3 is 0 Å². The van der Waals surface area contributed by atoms with Crippen LogP contribution in [0.25, 0.3) is 33.0 Å². The number of nitrogens with one attached hydrogen (secondary N) is 1. The predicted molar refractivity (Wildman–Crippen MR) is 133 cm³/mol. The summed E-state index contributed by atoms with van der Waals surface area (Å²) in [5.41, 5.74) is 3.72. The van der Waals surface area contributed by atoms with Gasteiger partial charge in [-0.1, -0.05) is 41.7 Å². The second-order valence-corrected chi connectivity index (χ2v) is 8.93. The first kappa shape index (κ1) is 20.3. The van der Waals surface area contributed by atoms with Crippen LogP contribution in [0, 0.1) is 5.82 Å². The van der Waals surface area contributed by atoms with Crippen molar-refractivity contribution in [1.82, 2.24) is 14.0 Å². The molecule has 1 amide bonds. The van der Waals surface area contributed by atoms with Crippen LogP contribution in [-0.2, 0) is 11.3 Å². The maximum Gasteiger partial charge on any atom is 0.274 e. The van der Waals surface area contributed by atoms with Crippen LogP contribution in [0.4, 0.5) is 10.1 Å². The SMILES string of the molecule is O=C(Cn1cc(C=c2sc3nc4ccccc4n3c2=O)c2ccccc21)Nc1ccc(F)cc1. The lowest BCUT2D eigenvalue weighted by Crippen LogP contribution is -2.22. The van der Waals surface area contributed by atoms with E-state index in [2.05, 4.69) is 10.3 Å². The molecule has 3 aromatic carbocycles. The molecular weight excluding hydrogens is 451 g/mol. The first-order valence-electron chi connectivity index (χ1n) is 10.6. The van der Waals surface area contributed by atoms with E-state index in [0.717, 1.165) is 27.5 Å². The van der Waals surface area contributed by atoms with E-state index in [1.807, 2.05) is 65.4 Å². The number of amides is 1. The monoisotopic (exact) mass is 468 g/mol. The van der Waals surface area contributed by atoms with Gasteiger partial charge in [-0.2, -0.15) is 0 Å². The van der Waals surface area contributed by atoms with E-state index >= 15 is 0 Å². The lowest BCUT2D eigenvalue weighted by molar-refractivity contribution is -0.116. The van der Waals surface area contributed by atoms with Crippen LogP contribution in [0.1, 0.15) is 5.56 Å². The standard InChI is InChI=1S/C26H17FN4O2S/c27-17-9-11-18(12-10-17)28-24(32)15-30-14-16(19-5-1-3-7-21(19)30)13-23-25(33)31-22-8-4-2-6-20(22)29-26(31)34-23/h1-14H,15H2,(H,28,32). The highest BCUT2D eigenvalue weighted by Crippen LogP contribution is 2.23. The number of aromatic nitrogens is 3. The normalized spacial score (nSPS) is 12.2. The smallest absolute Gasteiger partial charge is 0.274 e. The van der Waals surface area contributed by atoms with Gasteiger partial charge in [-0.25, -0.2) is 13.8 Å². The van der Waals surface area contributed by atoms with E-state index < -0.39 is 0 Å². The number of carbonyl (C=O) groups is 1. The van der Waals surface area contributed by atoms with Crippen LogP contribution in [0.3, 0.4) is 0 Å². The number of thiazole rings is 1. The molecule has 0 saturated carbocycles. The summed E-state index contributed by atoms with van der Waals surface area (Å²) in [6, 6.07) is 20.9. The first-order valence-corrected chi connectivity index (χ1v) is 11.4. The minimum atomic E-state index is -0.360. The van der Waals surface area contributed by atoms with Gasteiger partial charge in [-0.15, -0.1) is 0 Å². The largest absolute Gasteiger partial charge is 0.337 e. The fourth-order valence-corrected chi connectivity index (χ4v) is 5.14. The maximum atomic E-state index is 13.2. The number of hydrogen-bond donors (Lipinski definition) is 1. The number of carbonyl (C=O) groups excluding carboxylic acids is 1. The summed E-state index contributed by atoms with van der Waals surface area (Å²) >= 11 is 1.34. The third-order valence-electron chi connectivity index (χ3n) is 5.69. The van der Waals surface area contributed by atoms with Crippen LogP contribution in [0.15, 0.2) is 83.8 Å². The molecule has 0 saturated heterocycles. The summed E-state index contributed by atoms with van der Waals surface area (Å²) in [4.78, 5) is 31.0. The van der Waals surface area contributed by atoms with E-state index in [-0.39, 0.29) is 23.8 Å². The Hall–Kier alpha value is -4.30. The number of benzene rings is 3. The number of halogens is 1. The zero-order valence-electron chi connectivity index (χ0n) is 17.7. The Labute approximate surface area is 196 Å². The summed E-state index contributed by atoms with van der Waals surface area (Å²) < 4.78 is 17.2. The minimum absolute atomic E-state index is 0.0777. The quantitative estimate of drug-likeness (QED) is 0.422. The Morgan fingerprint density at radius 1 is 1.00 bits per heavy atom. The van der Waals surface area contributed by atoms with Crippen LogP contribution < -0.4 is 15.4 Å². The second-order valence-electron chi connectivity index (χ2n) is 7.92. The van der Waals surface area contributed by atoms with Crippen molar-refractivity contribution in [2.75, 3.05) is 5.32 Å². The van der Waals surface area contributed by atoms with Crippen LogP contribution >= 0.6 is 11.3 Å². The summed E-state index contributed by atoms with van der Waals surface area (Å²) in [5.74, 6) is -0.592. The number of rotatable bonds is 4. The Balaban J connectivity index is 1.40. The van der Waals surface area contributed by atoms with Crippen LogP contribution in [-0.4, -0.2) is 19.9 Å². The van der Waals surface area contributed by atoms with Gasteiger partial charge in [0, 0.05) is 28.4 Å². The summed E-state index contributed by atoms with van der Waals surface area (Å²) in [7, 11) is 0. The Morgan fingerprint density at radius 2 is 1.74 bits per heavy atom. The van der Waals surface area contributed by atoms with Crippen molar-refractivity contribution < 1.29 is 9.18 Å². The van der Waals surface area contributed by atoms with Crippen molar-refractivity contribution in [3.63, 3.8) is 0 Å². The van der Waals surface area contributed by atoms with Crippen LogP contribution in [0.5, 0.6) is 0 Å². The van der Waals surface area contributed by atoms with E-state index in [4.69, 9.17) is 0 Å². The molecule has 0 atom stereocenters. The molecule has 3 aromatic heterocycles. The highest BCUT2D eigenvalue weighted by molar-refractivity contribution is 7.15. The Bertz CT molecular complexity index is 1820. The molecular formula is C26H17FN4O2S. The highest BCUT2D eigenvalue weighted by Gasteiger charge is 2.13. The first-order chi connectivity index (χ1) is 16.6. The van der Waals surface area contributed by atoms with Crippen molar-refractivity contribution >= 4 is 55.9 Å². The molecule has 0 bridgehead atoms. The molecule has 6 aromatic rings. The summed E-state index contributed by atoms with van der Waals surface area (Å²) in [5, 5.41) is 3.72. The second kappa shape index (κ2) is 7.93. The topological polar surface area (TPSA) is 68.4 Å². The molecule has 166 valence electrons. The molecule has 1 N–H and O–H groups in total. The molecule has 34 heavy (non-hydrogen) atoms. The number of para-hydroxylation sites is 3. The lowest BCUT2D eigenvalue weighted by Gasteiger charge is -2.07. The molecule has 0 unspecified atom stereocenters. The molecule has 3 heterocycles. The van der Waals surface area contributed by atoms with Crippen molar-refractivity contribution in [2.45, 2.75) is 6.54 Å². The average molecular weight is 469 g/mol. The number of nitrogens with zero attached hydrogens (tertiary/aromatic N) is 3. The maximum absolute atomic E-state index is 13.2. The van der Waals surface area contributed by atoms with Gasteiger partial charge in [-0.3, -0.25) is 9.59 Å². The fraction of sp³-hybridized carbons (Fsp3) is 0.0385. The number of fused-ring (bicyclic) bond motifs is 4. The van der Waals surface area contributed by atoms with Gasteiger partial charge in [0.25, 0.3) is 5.56 Å². The van der Waals surface area contributed by atoms with Crippen LogP contribution in [0.2, 0.25) is 0 Å². The van der Waals surface area contributed by atoms with Gasteiger partial charge in [0.1, 0.15) is 12.4 Å². The number of anilines is 1. The molecule has 0 aliphatic carbocycles. The zero-order valence-corrected chi connectivity index (χ0v) is 18.6. The lowest BCUT2D eigenvalue weighted by atomic mass is 10.2. The van der Waals surface area contributed by atoms with Crippen molar-refractivity contribution in [3.8, 4) is 0 Å². The van der Waals surface area contributed by atoms with Gasteiger partial charge in [0.05, 0.1) is 15.6 Å². The van der Waals surface area contributed by atoms with Gasteiger partial charge in [-0.05, 0) is 48.5 Å². The predicted octanol–water partition coefficient (Wildman–Crippen LogP) is 4.19. The zero-order chi connectivity index (χ0) is 23.2. The van der Waals surface area contributed by atoms with Crippen molar-refractivity contribution in [1.29, 1.82) is 0 Å². The third-order valence-corrected chi connectivity index (χ3v) is 6.66. The fourth-order valence-electron chi connectivity index (χ4n) is 4.16. The van der Waals surface area contributed by atoms with Gasteiger partial charge in [0.15, 0.2) is 4.96 Å². The van der Waals surface area contributed by atoms with E-state index in [9.17, 15) is 14.0 Å². The minimum Gasteiger partial charge on any atom is -0.337 e. The molecule has 0 radical (unpaired) electrons. The molecule has 6 rings (SSSR count). The molecule has 6 nitrogen and oxygen atoms in total. The molecule has 0 spiro atoms. The summed E-state index contributed by atoms with van der Waals surface area (Å²) in [6.07, 6.45) is 3.72. The van der Waals surface area contributed by atoms with Crippen molar-refractivity contribution in [2.24, 2.45) is 0 Å². The molecule has 0 aliphatic heterocycles. The Morgan fingerprint density at radius 3 is 2.56 bits per heavy atom. The van der Waals surface area contributed by atoms with E-state index in [1.54, 1.807) is 4.40 Å². The highest BCUT2D eigenvalue weighted by atomic mass is 32.1. The average Bonchev–Trinajstić information content (AvgIpc) is 3.47. The Kier molecular flexibility index (Phi) is 4.74. The number of imidazole rings is 1. The van der Waals surface area contributed by atoms with E-state index in [1.165, 1.54) is 35.6 Å². The van der Waals surface area contributed by atoms with Gasteiger partial charge < -0.3 is 9.88 Å². The van der Waals surface area contributed by atoms with Gasteiger partial charge in [0.2, 0.25) is 5.91 Å². The third kappa shape index (κ3) is 3.45. The van der Waals surface area contributed by atoms with E-state index in [0.29, 0.717) is 15.2 Å². The van der Waals surface area contributed by atoms with Crippen molar-refractivity contribution in [3.05, 3.63) is 105 Å². The molecule has 0 fully saturated rings. The molecule has 0 aliphatic rings.